The second kappa shape index (κ2) is 8.97. The van der Waals surface area contributed by atoms with E-state index in [0.717, 1.165) is 45.7 Å². The molecule has 4 nitrogen and oxygen atoms in total. The molecule has 0 aromatic heterocycles. The van der Waals surface area contributed by atoms with Gasteiger partial charge in [-0.1, -0.05) is 13.3 Å². The van der Waals surface area contributed by atoms with Crippen LogP contribution in [0.25, 0.3) is 0 Å². The van der Waals surface area contributed by atoms with Gasteiger partial charge in [-0.25, -0.2) is 0 Å². The van der Waals surface area contributed by atoms with Crippen molar-refractivity contribution in [2.24, 2.45) is 0 Å². The lowest BCUT2D eigenvalue weighted by Crippen LogP contribution is -2.54. The first-order valence-electron chi connectivity index (χ1n) is 6.56. The van der Waals surface area contributed by atoms with Crippen LogP contribution in [0.15, 0.2) is 0 Å². The third kappa shape index (κ3) is 4.57. The predicted molar refractivity (Wildman–Crippen MR) is 78.8 cm³/mol. The number of likely N-dealkylation sites (N-methyl/N-ethyl adjacent to an activating group) is 1. The number of carbonyl (C=O) groups is 1. The van der Waals surface area contributed by atoms with Gasteiger partial charge >= 0.3 is 0 Å². The summed E-state index contributed by atoms with van der Waals surface area (Å²) < 4.78 is 0. The number of rotatable bonds is 2. The van der Waals surface area contributed by atoms with Crippen molar-refractivity contribution >= 4 is 30.7 Å². The number of amides is 1. The van der Waals surface area contributed by atoms with E-state index in [1.807, 2.05) is 4.90 Å². The van der Waals surface area contributed by atoms with Crippen LogP contribution in [-0.4, -0.2) is 61.0 Å². The summed E-state index contributed by atoms with van der Waals surface area (Å²) in [5.74, 6) is 0.329. The maximum Gasteiger partial charge on any atom is 0.239 e. The summed E-state index contributed by atoms with van der Waals surface area (Å²) in [6.07, 6.45) is 3.43. The zero-order chi connectivity index (χ0) is 11.4. The minimum atomic E-state index is 0. The van der Waals surface area contributed by atoms with Crippen molar-refractivity contribution in [1.29, 1.82) is 0 Å². The highest BCUT2D eigenvalue weighted by atomic mass is 35.5. The van der Waals surface area contributed by atoms with Gasteiger partial charge in [0.25, 0.3) is 0 Å². The minimum absolute atomic E-state index is 0. The first kappa shape index (κ1) is 18.0. The minimum Gasteiger partial charge on any atom is -0.339 e. The van der Waals surface area contributed by atoms with Crippen LogP contribution in [-0.2, 0) is 4.79 Å². The molecule has 0 saturated carbocycles. The van der Waals surface area contributed by atoms with Crippen molar-refractivity contribution in [3.05, 3.63) is 0 Å². The van der Waals surface area contributed by atoms with E-state index < -0.39 is 0 Å². The van der Waals surface area contributed by atoms with Crippen LogP contribution in [0.4, 0.5) is 0 Å². The van der Waals surface area contributed by atoms with Crippen LogP contribution in [0.3, 0.4) is 0 Å². The maximum absolute atomic E-state index is 12.2. The van der Waals surface area contributed by atoms with Crippen molar-refractivity contribution < 1.29 is 4.79 Å². The SMILES string of the molecule is CCN1CCN(C(=O)[C@H]2CCCCN2)CC1.Cl.Cl. The third-order valence-corrected chi connectivity index (χ3v) is 3.74. The van der Waals surface area contributed by atoms with Crippen molar-refractivity contribution in [2.45, 2.75) is 32.2 Å². The quantitative estimate of drug-likeness (QED) is 0.830. The van der Waals surface area contributed by atoms with Crippen molar-refractivity contribution in [3.63, 3.8) is 0 Å². The van der Waals surface area contributed by atoms with E-state index in [0.29, 0.717) is 5.91 Å². The van der Waals surface area contributed by atoms with Crippen LogP contribution in [0.1, 0.15) is 26.2 Å². The number of hydrogen-bond donors (Lipinski definition) is 1. The fourth-order valence-corrected chi connectivity index (χ4v) is 2.57. The highest BCUT2D eigenvalue weighted by molar-refractivity contribution is 5.85. The second-order valence-electron chi connectivity index (χ2n) is 4.76. The number of hydrogen-bond acceptors (Lipinski definition) is 3. The van der Waals surface area contributed by atoms with Gasteiger partial charge in [0.2, 0.25) is 5.91 Å². The molecule has 0 unspecified atom stereocenters. The number of nitrogens with one attached hydrogen (secondary N) is 1. The Kier molecular flexibility index (Phi) is 8.95. The summed E-state index contributed by atoms with van der Waals surface area (Å²) >= 11 is 0. The van der Waals surface area contributed by atoms with Gasteiger partial charge < -0.3 is 15.1 Å². The Morgan fingerprint density at radius 3 is 2.33 bits per heavy atom. The van der Waals surface area contributed by atoms with Gasteiger partial charge in [0.1, 0.15) is 0 Å². The zero-order valence-electron chi connectivity index (χ0n) is 11.1. The van der Waals surface area contributed by atoms with Crippen LogP contribution in [0.5, 0.6) is 0 Å². The Labute approximate surface area is 122 Å². The Morgan fingerprint density at radius 2 is 1.83 bits per heavy atom. The second-order valence-corrected chi connectivity index (χ2v) is 4.76. The number of halogens is 2. The average Bonchev–Trinajstić information content (AvgIpc) is 2.39. The maximum atomic E-state index is 12.2. The average molecular weight is 298 g/mol. The molecule has 0 aromatic rings. The van der Waals surface area contributed by atoms with E-state index in [4.69, 9.17) is 0 Å². The fraction of sp³-hybridized carbons (Fsp3) is 0.917. The molecule has 2 heterocycles. The van der Waals surface area contributed by atoms with Crippen molar-refractivity contribution in [2.75, 3.05) is 39.3 Å². The van der Waals surface area contributed by atoms with Crippen molar-refractivity contribution in [3.8, 4) is 0 Å². The van der Waals surface area contributed by atoms with E-state index in [1.165, 1.54) is 12.8 Å². The molecule has 108 valence electrons. The van der Waals surface area contributed by atoms with Gasteiger partial charge in [-0.3, -0.25) is 4.79 Å². The lowest BCUT2D eigenvalue weighted by atomic mass is 10.0. The van der Waals surface area contributed by atoms with Gasteiger partial charge in [0, 0.05) is 26.2 Å². The molecule has 2 aliphatic heterocycles. The predicted octanol–water partition coefficient (Wildman–Crippen LogP) is 1.14. The molecular weight excluding hydrogens is 273 g/mol. The fourth-order valence-electron chi connectivity index (χ4n) is 2.57. The molecule has 18 heavy (non-hydrogen) atoms. The smallest absolute Gasteiger partial charge is 0.239 e. The summed E-state index contributed by atoms with van der Waals surface area (Å²) in [5, 5.41) is 3.34. The van der Waals surface area contributed by atoms with E-state index in [1.54, 1.807) is 0 Å². The Hall–Kier alpha value is -0.0300. The third-order valence-electron chi connectivity index (χ3n) is 3.74. The number of piperidine rings is 1. The molecule has 0 spiro atoms. The normalized spacial score (nSPS) is 24.9. The molecule has 2 rings (SSSR count). The summed E-state index contributed by atoms with van der Waals surface area (Å²) in [6, 6.07) is 0.0990. The first-order valence-corrected chi connectivity index (χ1v) is 6.56. The topological polar surface area (TPSA) is 35.6 Å². The molecule has 0 aromatic carbocycles. The standard InChI is InChI=1S/C12H23N3O.2ClH/c1-2-14-7-9-15(10-8-14)12(16)11-5-3-4-6-13-11;;/h11,13H,2-10H2,1H3;2*1H/t11-;;/m1../s1. The molecule has 2 fully saturated rings. The van der Waals surface area contributed by atoms with Gasteiger partial charge in [-0.2, -0.15) is 0 Å². The zero-order valence-corrected chi connectivity index (χ0v) is 12.7. The van der Waals surface area contributed by atoms with E-state index >= 15 is 0 Å². The Morgan fingerprint density at radius 1 is 1.17 bits per heavy atom. The molecule has 0 aliphatic carbocycles. The van der Waals surface area contributed by atoms with E-state index in [-0.39, 0.29) is 30.9 Å². The largest absolute Gasteiger partial charge is 0.339 e. The molecule has 0 radical (unpaired) electrons. The summed E-state index contributed by atoms with van der Waals surface area (Å²) in [7, 11) is 0. The van der Waals surface area contributed by atoms with Crippen LogP contribution >= 0.6 is 24.8 Å². The summed E-state index contributed by atoms with van der Waals surface area (Å²) in [6.45, 7) is 8.18. The molecule has 2 saturated heterocycles. The number of carbonyl (C=O) groups excluding carboxylic acids is 1. The highest BCUT2D eigenvalue weighted by Gasteiger charge is 2.27. The number of piperazine rings is 1. The van der Waals surface area contributed by atoms with Crippen LogP contribution in [0, 0.1) is 0 Å². The lowest BCUT2D eigenvalue weighted by molar-refractivity contribution is -0.135. The molecule has 0 bridgehead atoms. The van der Waals surface area contributed by atoms with Gasteiger partial charge in [0.15, 0.2) is 0 Å². The number of nitrogens with zero attached hydrogens (tertiary/aromatic N) is 2. The molecule has 2 aliphatic rings. The van der Waals surface area contributed by atoms with E-state index in [9.17, 15) is 4.79 Å². The molecule has 1 atom stereocenters. The summed E-state index contributed by atoms with van der Waals surface area (Å²) in [5.41, 5.74) is 0. The van der Waals surface area contributed by atoms with Crippen LogP contribution in [0.2, 0.25) is 0 Å². The van der Waals surface area contributed by atoms with Gasteiger partial charge in [-0.05, 0) is 25.9 Å². The Balaban J connectivity index is 0.00000144. The first-order chi connectivity index (χ1) is 7.81. The summed E-state index contributed by atoms with van der Waals surface area (Å²) in [4.78, 5) is 16.6. The van der Waals surface area contributed by atoms with Crippen LogP contribution < -0.4 is 5.32 Å². The molecule has 1 N–H and O–H groups in total. The lowest BCUT2D eigenvalue weighted by Gasteiger charge is -2.36. The van der Waals surface area contributed by atoms with Gasteiger partial charge in [0.05, 0.1) is 6.04 Å². The highest BCUT2D eigenvalue weighted by Crippen LogP contribution is 2.11. The molecular formula is C12H25Cl2N3O. The molecule has 6 heteroatoms. The van der Waals surface area contributed by atoms with Crippen molar-refractivity contribution in [1.82, 2.24) is 15.1 Å². The molecule has 1 amide bonds. The van der Waals surface area contributed by atoms with E-state index in [2.05, 4.69) is 17.1 Å². The monoisotopic (exact) mass is 297 g/mol. The van der Waals surface area contributed by atoms with Gasteiger partial charge in [-0.15, -0.1) is 24.8 Å². The Bertz CT molecular complexity index is 239.